The number of guanidine groups is 1. The van der Waals surface area contributed by atoms with Gasteiger partial charge in [-0.25, -0.2) is 8.42 Å². The highest BCUT2D eigenvalue weighted by Crippen LogP contribution is 2.19. The second-order valence-electron chi connectivity index (χ2n) is 6.58. The summed E-state index contributed by atoms with van der Waals surface area (Å²) in [5.41, 5.74) is 3.35. The van der Waals surface area contributed by atoms with E-state index in [1.54, 1.807) is 18.7 Å². The molecule has 0 bridgehead atoms. The first-order chi connectivity index (χ1) is 11.9. The van der Waals surface area contributed by atoms with Crippen molar-refractivity contribution in [1.29, 1.82) is 0 Å². The molecule has 0 spiro atoms. The van der Waals surface area contributed by atoms with Crippen molar-refractivity contribution in [2.75, 3.05) is 19.8 Å². The molecule has 26 heavy (non-hydrogen) atoms. The van der Waals surface area contributed by atoms with Gasteiger partial charge in [0.2, 0.25) is 0 Å². The third-order valence-corrected chi connectivity index (χ3v) is 5.70. The summed E-state index contributed by atoms with van der Waals surface area (Å²) in [6, 6.07) is 5.42. The van der Waals surface area contributed by atoms with E-state index in [-0.39, 0.29) is 24.0 Å². The molecule has 1 aromatic carbocycles. The molecule has 0 atom stereocenters. The normalized spacial score (nSPS) is 15.0. The molecule has 1 aliphatic carbocycles. The van der Waals surface area contributed by atoms with Crippen molar-refractivity contribution in [1.82, 2.24) is 10.6 Å². The first kappa shape index (κ1) is 23.0. The number of nitrogens with one attached hydrogen (secondary N) is 2. The molecule has 1 aliphatic rings. The molecule has 5 nitrogen and oxygen atoms in total. The quantitative estimate of drug-likeness (QED) is 0.276. The van der Waals surface area contributed by atoms with Gasteiger partial charge in [-0.3, -0.25) is 4.99 Å². The molecule has 0 aromatic heterocycles. The SMILES string of the molecule is CN=C(NCCC1=CCCCC1)NCc1ccc(S(C)(=O)=O)c(C)c1.I. The average molecular weight is 491 g/mol. The van der Waals surface area contributed by atoms with E-state index < -0.39 is 9.84 Å². The lowest BCUT2D eigenvalue weighted by atomic mass is 9.97. The number of sulfone groups is 1. The Morgan fingerprint density at radius 3 is 2.58 bits per heavy atom. The van der Waals surface area contributed by atoms with E-state index in [2.05, 4.69) is 21.7 Å². The summed E-state index contributed by atoms with van der Waals surface area (Å²) in [4.78, 5) is 4.63. The van der Waals surface area contributed by atoms with Gasteiger partial charge in [0.05, 0.1) is 4.90 Å². The Morgan fingerprint density at radius 1 is 1.23 bits per heavy atom. The van der Waals surface area contributed by atoms with Crippen LogP contribution in [0.15, 0.2) is 39.7 Å². The van der Waals surface area contributed by atoms with Crippen molar-refractivity contribution < 1.29 is 8.42 Å². The number of allylic oxidation sites excluding steroid dienone is 1. The highest BCUT2D eigenvalue weighted by atomic mass is 127. The van der Waals surface area contributed by atoms with E-state index in [4.69, 9.17) is 0 Å². The van der Waals surface area contributed by atoms with E-state index in [9.17, 15) is 8.42 Å². The fraction of sp³-hybridized carbons (Fsp3) is 0.526. The van der Waals surface area contributed by atoms with Crippen LogP contribution in [0.4, 0.5) is 0 Å². The molecule has 0 radical (unpaired) electrons. The second kappa shape index (κ2) is 10.9. The van der Waals surface area contributed by atoms with Crippen LogP contribution >= 0.6 is 24.0 Å². The molecule has 2 rings (SSSR count). The smallest absolute Gasteiger partial charge is 0.191 e. The Bertz CT molecular complexity index is 758. The van der Waals surface area contributed by atoms with Crippen LogP contribution in [0, 0.1) is 6.92 Å². The Balaban J connectivity index is 0.00000338. The Hall–Kier alpha value is -1.09. The first-order valence-electron chi connectivity index (χ1n) is 8.82. The zero-order valence-electron chi connectivity index (χ0n) is 15.8. The molecule has 146 valence electrons. The number of halogens is 1. The fourth-order valence-electron chi connectivity index (χ4n) is 3.12. The largest absolute Gasteiger partial charge is 0.356 e. The van der Waals surface area contributed by atoms with Crippen molar-refractivity contribution in [3.8, 4) is 0 Å². The van der Waals surface area contributed by atoms with Crippen molar-refractivity contribution in [3.05, 3.63) is 41.0 Å². The summed E-state index contributed by atoms with van der Waals surface area (Å²) in [5, 5.41) is 6.62. The first-order valence-corrected chi connectivity index (χ1v) is 10.7. The number of hydrogen-bond donors (Lipinski definition) is 2. The van der Waals surface area contributed by atoms with Crippen molar-refractivity contribution in [2.45, 2.75) is 50.5 Å². The summed E-state index contributed by atoms with van der Waals surface area (Å²) < 4.78 is 23.4. The van der Waals surface area contributed by atoms with Crippen LogP contribution in [0.5, 0.6) is 0 Å². The minimum absolute atomic E-state index is 0. The van der Waals surface area contributed by atoms with Gasteiger partial charge in [0.15, 0.2) is 15.8 Å². The van der Waals surface area contributed by atoms with Gasteiger partial charge in [-0.1, -0.05) is 23.8 Å². The summed E-state index contributed by atoms with van der Waals surface area (Å²) >= 11 is 0. The summed E-state index contributed by atoms with van der Waals surface area (Å²) in [5.74, 6) is 0.765. The van der Waals surface area contributed by atoms with E-state index in [1.165, 1.54) is 31.9 Å². The second-order valence-corrected chi connectivity index (χ2v) is 8.57. The minimum atomic E-state index is -3.17. The fourth-order valence-corrected chi connectivity index (χ4v) is 4.08. The van der Waals surface area contributed by atoms with Gasteiger partial charge < -0.3 is 10.6 Å². The Morgan fingerprint density at radius 2 is 2.00 bits per heavy atom. The Kier molecular flexibility index (Phi) is 9.63. The number of nitrogens with zero attached hydrogens (tertiary/aromatic N) is 1. The maximum absolute atomic E-state index is 11.7. The molecule has 0 amide bonds. The van der Waals surface area contributed by atoms with Gasteiger partial charge in [-0.2, -0.15) is 0 Å². The predicted molar refractivity (Wildman–Crippen MR) is 119 cm³/mol. The number of hydrogen-bond acceptors (Lipinski definition) is 3. The lowest BCUT2D eigenvalue weighted by molar-refractivity contribution is 0.601. The predicted octanol–water partition coefficient (Wildman–Crippen LogP) is 3.57. The van der Waals surface area contributed by atoms with Gasteiger partial charge in [0.1, 0.15) is 0 Å². The zero-order chi connectivity index (χ0) is 18.3. The van der Waals surface area contributed by atoms with Crippen LogP contribution in [0.25, 0.3) is 0 Å². The molecule has 0 aliphatic heterocycles. The van der Waals surface area contributed by atoms with Crippen molar-refractivity contribution in [3.63, 3.8) is 0 Å². The molecular formula is C19H30IN3O2S. The van der Waals surface area contributed by atoms with Gasteiger partial charge in [-0.05, 0) is 56.2 Å². The minimum Gasteiger partial charge on any atom is -0.356 e. The number of aryl methyl sites for hydroxylation is 1. The average Bonchev–Trinajstić information content (AvgIpc) is 2.57. The lowest BCUT2D eigenvalue weighted by Crippen LogP contribution is -2.37. The maximum atomic E-state index is 11.7. The molecule has 0 heterocycles. The molecule has 1 aromatic rings. The molecule has 0 unspecified atom stereocenters. The molecule has 0 saturated carbocycles. The molecular weight excluding hydrogens is 461 g/mol. The van der Waals surface area contributed by atoms with Crippen LogP contribution in [-0.4, -0.2) is 34.2 Å². The molecule has 0 saturated heterocycles. The summed E-state index contributed by atoms with van der Waals surface area (Å²) in [7, 11) is -1.41. The standard InChI is InChI=1S/C19H29N3O2S.HI/c1-15-13-17(9-10-18(15)25(3,23)24)14-22-19(20-2)21-12-11-16-7-5-4-6-8-16;/h7,9-10,13H,4-6,8,11-12,14H2,1-3H3,(H2,20,21,22);1H. The van der Waals surface area contributed by atoms with E-state index in [0.29, 0.717) is 11.4 Å². The number of rotatable bonds is 6. The van der Waals surface area contributed by atoms with Gasteiger partial charge in [0, 0.05) is 26.4 Å². The molecule has 2 N–H and O–H groups in total. The van der Waals surface area contributed by atoms with Gasteiger partial charge in [0.25, 0.3) is 0 Å². The highest BCUT2D eigenvalue weighted by Gasteiger charge is 2.11. The molecule has 0 fully saturated rings. The summed E-state index contributed by atoms with van der Waals surface area (Å²) in [6.07, 6.45) is 9.72. The third-order valence-electron chi connectivity index (χ3n) is 4.45. The van der Waals surface area contributed by atoms with Gasteiger partial charge in [-0.15, -0.1) is 24.0 Å². The maximum Gasteiger partial charge on any atom is 0.191 e. The number of benzene rings is 1. The summed E-state index contributed by atoms with van der Waals surface area (Å²) in [6.45, 7) is 3.30. The van der Waals surface area contributed by atoms with Crippen LogP contribution in [0.3, 0.4) is 0 Å². The van der Waals surface area contributed by atoms with E-state index in [1.807, 2.05) is 19.1 Å². The zero-order valence-corrected chi connectivity index (χ0v) is 19.0. The lowest BCUT2D eigenvalue weighted by Gasteiger charge is -2.15. The van der Waals surface area contributed by atoms with Gasteiger partial charge >= 0.3 is 0 Å². The molecule has 7 heteroatoms. The monoisotopic (exact) mass is 491 g/mol. The number of aliphatic imine (C=N–C) groups is 1. The van der Waals surface area contributed by atoms with Crippen molar-refractivity contribution >= 4 is 39.8 Å². The van der Waals surface area contributed by atoms with E-state index in [0.717, 1.165) is 30.1 Å². The highest BCUT2D eigenvalue weighted by molar-refractivity contribution is 14.0. The van der Waals surface area contributed by atoms with Crippen LogP contribution < -0.4 is 10.6 Å². The van der Waals surface area contributed by atoms with Crippen LogP contribution in [-0.2, 0) is 16.4 Å². The van der Waals surface area contributed by atoms with Crippen LogP contribution in [0.2, 0.25) is 0 Å². The van der Waals surface area contributed by atoms with E-state index >= 15 is 0 Å². The van der Waals surface area contributed by atoms with Crippen molar-refractivity contribution in [2.24, 2.45) is 4.99 Å². The third kappa shape index (κ3) is 7.26. The van der Waals surface area contributed by atoms with Crippen LogP contribution in [0.1, 0.15) is 43.2 Å². The topological polar surface area (TPSA) is 70.6 Å². The Labute approximate surface area is 174 Å².